The smallest absolute Gasteiger partial charge is 0.257 e. The largest absolute Gasteiger partial charge is 0.385 e. The van der Waals surface area contributed by atoms with Crippen LogP contribution in [0.5, 0.6) is 0 Å². The molecule has 19 heavy (non-hydrogen) atoms. The fraction of sp³-hybridized carbons (Fsp3) is 0.200. The normalized spacial score (nSPS) is 10.0. The number of hydrogen-bond acceptors (Lipinski definition) is 3. The van der Waals surface area contributed by atoms with E-state index in [1.54, 1.807) is 18.5 Å². The van der Waals surface area contributed by atoms with Crippen molar-refractivity contribution in [3.05, 3.63) is 53.9 Å². The lowest BCUT2D eigenvalue weighted by Crippen LogP contribution is -2.15. The van der Waals surface area contributed by atoms with Crippen molar-refractivity contribution in [3.63, 3.8) is 0 Å². The lowest BCUT2D eigenvalue weighted by atomic mass is 10.1. The van der Waals surface area contributed by atoms with Crippen LogP contribution in [-0.2, 0) is 0 Å². The van der Waals surface area contributed by atoms with Crippen molar-refractivity contribution in [3.8, 4) is 0 Å². The number of carbonyl (C=O) groups is 1. The number of benzene rings is 1. The Kier molecular flexibility index (Phi) is 4.13. The Labute approximate surface area is 112 Å². The van der Waals surface area contributed by atoms with Gasteiger partial charge in [-0.1, -0.05) is 6.07 Å². The molecule has 0 bridgehead atoms. The van der Waals surface area contributed by atoms with Gasteiger partial charge >= 0.3 is 0 Å². The van der Waals surface area contributed by atoms with Gasteiger partial charge in [-0.3, -0.25) is 9.78 Å². The molecule has 0 saturated heterocycles. The van der Waals surface area contributed by atoms with Crippen LogP contribution in [0.15, 0.2) is 42.7 Å². The molecule has 0 unspecified atom stereocenters. The summed E-state index contributed by atoms with van der Waals surface area (Å²) in [5.74, 6) is -0.135. The number of aryl methyl sites for hydroxylation is 1. The van der Waals surface area contributed by atoms with Crippen molar-refractivity contribution in [2.24, 2.45) is 0 Å². The van der Waals surface area contributed by atoms with Crippen molar-refractivity contribution in [1.82, 2.24) is 4.98 Å². The van der Waals surface area contributed by atoms with E-state index < -0.39 is 0 Å². The summed E-state index contributed by atoms with van der Waals surface area (Å²) in [6.45, 7) is 4.78. The Morgan fingerprint density at radius 1 is 1.32 bits per heavy atom. The zero-order valence-corrected chi connectivity index (χ0v) is 11.1. The predicted molar refractivity (Wildman–Crippen MR) is 77.5 cm³/mol. The summed E-state index contributed by atoms with van der Waals surface area (Å²) in [4.78, 5) is 16.2. The van der Waals surface area contributed by atoms with Gasteiger partial charge in [0.25, 0.3) is 5.91 Å². The third-order valence-corrected chi connectivity index (χ3v) is 2.71. The molecule has 2 aromatic rings. The Hall–Kier alpha value is -2.36. The predicted octanol–water partition coefficient (Wildman–Crippen LogP) is 3.07. The average Bonchev–Trinajstić information content (AvgIpc) is 2.40. The molecule has 0 aliphatic carbocycles. The van der Waals surface area contributed by atoms with E-state index >= 15 is 0 Å². The second kappa shape index (κ2) is 6.00. The molecular weight excluding hydrogens is 238 g/mol. The maximum Gasteiger partial charge on any atom is 0.257 e. The summed E-state index contributed by atoms with van der Waals surface area (Å²) in [7, 11) is 0. The molecule has 0 saturated carbocycles. The van der Waals surface area contributed by atoms with E-state index in [4.69, 9.17) is 0 Å². The van der Waals surface area contributed by atoms with Crippen molar-refractivity contribution in [1.29, 1.82) is 0 Å². The zero-order chi connectivity index (χ0) is 13.7. The molecule has 0 fully saturated rings. The summed E-state index contributed by atoms with van der Waals surface area (Å²) in [6, 6.07) is 9.33. The topological polar surface area (TPSA) is 54.0 Å². The summed E-state index contributed by atoms with van der Waals surface area (Å²) < 4.78 is 0. The molecule has 1 aromatic heterocycles. The number of aromatic nitrogens is 1. The van der Waals surface area contributed by atoms with Crippen LogP contribution < -0.4 is 10.6 Å². The van der Waals surface area contributed by atoms with Crippen LogP contribution in [0.3, 0.4) is 0 Å². The highest BCUT2D eigenvalue weighted by Crippen LogP contribution is 2.19. The standard InChI is InChI=1S/C15H17N3O/c1-3-17-14-9-11(2)6-7-13(14)15(19)18-12-5-4-8-16-10-12/h4-10,17H,3H2,1-2H3,(H,18,19). The van der Waals surface area contributed by atoms with Crippen LogP contribution >= 0.6 is 0 Å². The van der Waals surface area contributed by atoms with Crippen LogP contribution in [0.2, 0.25) is 0 Å². The van der Waals surface area contributed by atoms with Gasteiger partial charge in [0, 0.05) is 18.4 Å². The third-order valence-electron chi connectivity index (χ3n) is 2.71. The minimum absolute atomic E-state index is 0.135. The molecule has 2 rings (SSSR count). The summed E-state index contributed by atoms with van der Waals surface area (Å²) in [5.41, 5.74) is 3.30. The van der Waals surface area contributed by atoms with Gasteiger partial charge in [0.05, 0.1) is 17.4 Å². The van der Waals surface area contributed by atoms with Crippen LogP contribution in [-0.4, -0.2) is 17.4 Å². The van der Waals surface area contributed by atoms with Crippen LogP contribution in [0.25, 0.3) is 0 Å². The van der Waals surface area contributed by atoms with E-state index in [0.717, 1.165) is 17.8 Å². The summed E-state index contributed by atoms with van der Waals surface area (Å²) >= 11 is 0. The van der Waals surface area contributed by atoms with Gasteiger partial charge in [-0.05, 0) is 43.7 Å². The highest BCUT2D eigenvalue weighted by atomic mass is 16.1. The number of pyridine rings is 1. The van der Waals surface area contributed by atoms with Crippen LogP contribution in [0, 0.1) is 6.92 Å². The Balaban J connectivity index is 2.23. The quantitative estimate of drug-likeness (QED) is 0.882. The molecule has 0 aliphatic heterocycles. The number of rotatable bonds is 4. The molecule has 1 amide bonds. The molecule has 1 heterocycles. The van der Waals surface area contributed by atoms with E-state index in [0.29, 0.717) is 11.3 Å². The van der Waals surface area contributed by atoms with E-state index in [1.165, 1.54) is 0 Å². The fourth-order valence-corrected chi connectivity index (χ4v) is 1.83. The van der Waals surface area contributed by atoms with Crippen molar-refractivity contribution < 1.29 is 4.79 Å². The number of amides is 1. The first kappa shape index (κ1) is 13.1. The third kappa shape index (κ3) is 3.31. The maximum absolute atomic E-state index is 12.2. The highest BCUT2D eigenvalue weighted by Gasteiger charge is 2.11. The van der Waals surface area contributed by atoms with E-state index in [1.807, 2.05) is 38.1 Å². The van der Waals surface area contributed by atoms with Crippen LogP contribution in [0.4, 0.5) is 11.4 Å². The molecule has 0 atom stereocenters. The van der Waals surface area contributed by atoms with E-state index in [-0.39, 0.29) is 5.91 Å². The number of nitrogens with zero attached hydrogens (tertiary/aromatic N) is 1. The summed E-state index contributed by atoms with van der Waals surface area (Å²) in [5, 5.41) is 6.04. The molecule has 4 nitrogen and oxygen atoms in total. The van der Waals surface area contributed by atoms with E-state index in [9.17, 15) is 4.79 Å². The van der Waals surface area contributed by atoms with Crippen molar-refractivity contribution >= 4 is 17.3 Å². The number of hydrogen-bond donors (Lipinski definition) is 2. The SMILES string of the molecule is CCNc1cc(C)ccc1C(=O)Nc1cccnc1. The molecular formula is C15H17N3O. The Bertz CT molecular complexity index is 567. The first-order chi connectivity index (χ1) is 9.20. The van der Waals surface area contributed by atoms with Gasteiger partial charge in [0.1, 0.15) is 0 Å². The van der Waals surface area contributed by atoms with Gasteiger partial charge < -0.3 is 10.6 Å². The maximum atomic E-state index is 12.2. The van der Waals surface area contributed by atoms with Gasteiger partial charge in [-0.25, -0.2) is 0 Å². The highest BCUT2D eigenvalue weighted by molar-refractivity contribution is 6.08. The van der Waals surface area contributed by atoms with Gasteiger partial charge in [0.15, 0.2) is 0 Å². The van der Waals surface area contributed by atoms with Gasteiger partial charge in [0.2, 0.25) is 0 Å². The number of nitrogens with one attached hydrogen (secondary N) is 2. The zero-order valence-electron chi connectivity index (χ0n) is 11.1. The second-order valence-corrected chi connectivity index (χ2v) is 4.28. The van der Waals surface area contributed by atoms with E-state index in [2.05, 4.69) is 15.6 Å². The Morgan fingerprint density at radius 2 is 2.16 bits per heavy atom. The average molecular weight is 255 g/mol. The molecule has 0 spiro atoms. The second-order valence-electron chi connectivity index (χ2n) is 4.28. The minimum atomic E-state index is -0.135. The fourth-order valence-electron chi connectivity index (χ4n) is 1.83. The molecule has 2 N–H and O–H groups in total. The molecule has 98 valence electrons. The van der Waals surface area contributed by atoms with Crippen LogP contribution in [0.1, 0.15) is 22.8 Å². The van der Waals surface area contributed by atoms with Gasteiger partial charge in [-0.2, -0.15) is 0 Å². The first-order valence-electron chi connectivity index (χ1n) is 6.26. The number of anilines is 2. The van der Waals surface area contributed by atoms with Crippen molar-refractivity contribution in [2.75, 3.05) is 17.2 Å². The monoisotopic (exact) mass is 255 g/mol. The first-order valence-corrected chi connectivity index (χ1v) is 6.26. The lowest BCUT2D eigenvalue weighted by Gasteiger charge is -2.12. The minimum Gasteiger partial charge on any atom is -0.385 e. The van der Waals surface area contributed by atoms with Crippen molar-refractivity contribution in [2.45, 2.75) is 13.8 Å². The van der Waals surface area contributed by atoms with Gasteiger partial charge in [-0.15, -0.1) is 0 Å². The molecule has 0 radical (unpaired) electrons. The molecule has 4 heteroatoms. The lowest BCUT2D eigenvalue weighted by molar-refractivity contribution is 0.102. The molecule has 0 aliphatic rings. The summed E-state index contributed by atoms with van der Waals surface area (Å²) in [6.07, 6.45) is 3.30. The molecule has 1 aromatic carbocycles. The number of carbonyl (C=O) groups excluding carboxylic acids is 1. The Morgan fingerprint density at radius 3 is 2.84 bits per heavy atom.